The van der Waals surface area contributed by atoms with Gasteiger partial charge in [-0.25, -0.2) is 4.79 Å². The smallest absolute Gasteiger partial charge is 0.342 e. The van der Waals surface area contributed by atoms with E-state index < -0.39 is 12.1 Å². The van der Waals surface area contributed by atoms with Crippen molar-refractivity contribution >= 4 is 11.7 Å². The van der Waals surface area contributed by atoms with Gasteiger partial charge in [0.2, 0.25) is 0 Å². The fourth-order valence-electron chi connectivity index (χ4n) is 3.62. The van der Waals surface area contributed by atoms with Crippen molar-refractivity contribution in [3.8, 4) is 11.5 Å². The van der Waals surface area contributed by atoms with E-state index in [0.717, 1.165) is 36.6 Å². The number of phenols is 2. The van der Waals surface area contributed by atoms with Crippen LogP contribution in [0.25, 0.3) is 0 Å². The van der Waals surface area contributed by atoms with Gasteiger partial charge in [0, 0.05) is 18.9 Å². The van der Waals surface area contributed by atoms with E-state index in [1.807, 2.05) is 43.3 Å². The van der Waals surface area contributed by atoms with Crippen LogP contribution in [-0.2, 0) is 16.0 Å². The zero-order chi connectivity index (χ0) is 22.1. The van der Waals surface area contributed by atoms with E-state index in [1.54, 1.807) is 0 Å². The van der Waals surface area contributed by atoms with Crippen LogP contribution in [0.1, 0.15) is 66.6 Å². The van der Waals surface area contributed by atoms with E-state index in [2.05, 4.69) is 11.2 Å². The number of benzene rings is 2. The van der Waals surface area contributed by atoms with Crippen molar-refractivity contribution in [1.29, 1.82) is 0 Å². The largest absolute Gasteiger partial charge is 0.508 e. The number of allylic oxidation sites excluding steroid dienone is 1. The molecule has 1 aliphatic rings. The van der Waals surface area contributed by atoms with Crippen molar-refractivity contribution in [2.45, 2.75) is 51.6 Å². The number of rotatable bonds is 3. The molecule has 2 aromatic rings. The number of hydrogen-bond acceptors (Lipinski definition) is 6. The van der Waals surface area contributed by atoms with Gasteiger partial charge in [-0.3, -0.25) is 0 Å². The second-order valence-electron chi connectivity index (χ2n) is 7.51. The molecule has 1 atom stereocenters. The summed E-state index contributed by atoms with van der Waals surface area (Å²) in [7, 11) is 0. The molecule has 0 saturated heterocycles. The van der Waals surface area contributed by atoms with Crippen LogP contribution in [0.5, 0.6) is 11.5 Å². The molecule has 6 nitrogen and oxygen atoms in total. The van der Waals surface area contributed by atoms with Crippen LogP contribution in [-0.4, -0.2) is 28.5 Å². The molecule has 2 aromatic carbocycles. The molecule has 0 aromatic heterocycles. The van der Waals surface area contributed by atoms with Gasteiger partial charge in [-0.15, -0.1) is 0 Å². The van der Waals surface area contributed by atoms with Crippen LogP contribution in [0.15, 0.2) is 59.8 Å². The summed E-state index contributed by atoms with van der Waals surface area (Å²) in [5, 5.41) is 24.7. The van der Waals surface area contributed by atoms with E-state index in [-0.39, 0.29) is 23.5 Å². The highest BCUT2D eigenvalue weighted by molar-refractivity contribution is 5.97. The van der Waals surface area contributed by atoms with Gasteiger partial charge < -0.3 is 19.8 Å². The summed E-state index contributed by atoms with van der Waals surface area (Å²) in [5.74, 6) is -1.07. The second kappa shape index (κ2) is 11.2. The minimum absolute atomic E-state index is 0.0453. The van der Waals surface area contributed by atoms with Gasteiger partial charge >= 0.3 is 5.97 Å². The molecule has 0 fully saturated rings. The first-order valence-electron chi connectivity index (χ1n) is 10.7. The molecule has 0 amide bonds. The average molecular weight is 424 g/mol. The molecule has 6 heteroatoms. The first-order chi connectivity index (χ1) is 15.1. The van der Waals surface area contributed by atoms with E-state index in [4.69, 9.17) is 9.57 Å². The molecular formula is C25H29NO5. The second-order valence-corrected chi connectivity index (χ2v) is 7.51. The Bertz CT molecular complexity index is 936. The zero-order valence-electron chi connectivity index (χ0n) is 17.8. The standard InChI is InChI=1S/C25H29NO5/c1-2-30-26-20-13-9-4-3-5-10-14-23(18-11-7-6-8-12-18)31-25(29)24-19(15-20)16-21(27)17-22(24)28/h5-8,10-12,16-17,23,27-28H,2-4,9,13-15H2,1H3/b10-5+,26-20+/t23-/m1/s1. The van der Waals surface area contributed by atoms with Crippen LogP contribution in [0, 0.1) is 0 Å². The fraction of sp³-hybridized carbons (Fsp3) is 0.360. The Kier molecular flexibility index (Phi) is 8.10. The quantitative estimate of drug-likeness (QED) is 0.389. The van der Waals surface area contributed by atoms with Gasteiger partial charge in [0.05, 0.1) is 5.71 Å². The van der Waals surface area contributed by atoms with Gasteiger partial charge in [-0.05, 0) is 49.8 Å². The van der Waals surface area contributed by atoms with Crippen LogP contribution >= 0.6 is 0 Å². The lowest BCUT2D eigenvalue weighted by molar-refractivity contribution is 0.0299. The number of phenolic OH excluding ortho intramolecular Hbond substituents is 2. The molecule has 164 valence electrons. The molecule has 0 radical (unpaired) electrons. The third-order valence-electron chi connectivity index (χ3n) is 5.13. The van der Waals surface area contributed by atoms with Crippen molar-refractivity contribution in [2.24, 2.45) is 5.16 Å². The van der Waals surface area contributed by atoms with Crippen LogP contribution in [0.4, 0.5) is 0 Å². The maximum absolute atomic E-state index is 13.2. The molecule has 2 N–H and O–H groups in total. The molecule has 0 unspecified atom stereocenters. The van der Waals surface area contributed by atoms with E-state index in [1.165, 1.54) is 6.07 Å². The summed E-state index contributed by atoms with van der Waals surface area (Å²) in [6.07, 6.45) is 8.02. The molecular weight excluding hydrogens is 394 g/mol. The maximum Gasteiger partial charge on any atom is 0.342 e. The number of aromatic hydroxyl groups is 2. The summed E-state index contributed by atoms with van der Waals surface area (Å²) < 4.78 is 5.84. The van der Waals surface area contributed by atoms with E-state index in [0.29, 0.717) is 25.0 Å². The van der Waals surface area contributed by atoms with Gasteiger partial charge in [0.1, 0.15) is 29.8 Å². The van der Waals surface area contributed by atoms with E-state index in [9.17, 15) is 15.0 Å². The van der Waals surface area contributed by atoms with Gasteiger partial charge in [-0.1, -0.05) is 47.6 Å². The molecule has 0 saturated carbocycles. The van der Waals surface area contributed by atoms with Crippen LogP contribution < -0.4 is 0 Å². The molecule has 0 aliphatic carbocycles. The normalized spacial score (nSPS) is 20.4. The Labute approximate surface area is 182 Å². The Morgan fingerprint density at radius 3 is 2.71 bits per heavy atom. The number of fused-ring (bicyclic) bond motifs is 1. The number of hydrogen-bond donors (Lipinski definition) is 2. The number of esters is 1. The number of ether oxygens (including phenoxy) is 1. The maximum atomic E-state index is 13.2. The van der Waals surface area contributed by atoms with Crippen molar-refractivity contribution < 1.29 is 24.6 Å². The Hall–Kier alpha value is -3.28. The summed E-state index contributed by atoms with van der Waals surface area (Å²) in [5.41, 5.74) is 2.14. The molecule has 1 aliphatic heterocycles. The lowest BCUT2D eigenvalue weighted by Crippen LogP contribution is -2.16. The summed E-state index contributed by atoms with van der Waals surface area (Å²) in [6.45, 7) is 2.29. The van der Waals surface area contributed by atoms with Crippen LogP contribution in [0.2, 0.25) is 0 Å². The highest BCUT2D eigenvalue weighted by Gasteiger charge is 2.24. The molecule has 3 rings (SSSR count). The number of nitrogens with zero attached hydrogens (tertiary/aromatic N) is 1. The monoisotopic (exact) mass is 423 g/mol. The van der Waals surface area contributed by atoms with Gasteiger partial charge in [-0.2, -0.15) is 0 Å². The number of carbonyl (C=O) groups excluding carboxylic acids is 1. The predicted octanol–water partition coefficient (Wildman–Crippen LogP) is 5.45. The van der Waals surface area contributed by atoms with Gasteiger partial charge in [0.25, 0.3) is 0 Å². The zero-order valence-corrected chi connectivity index (χ0v) is 17.8. The lowest BCUT2D eigenvalue weighted by atomic mass is 9.97. The van der Waals surface area contributed by atoms with Crippen molar-refractivity contribution in [1.82, 2.24) is 0 Å². The Morgan fingerprint density at radius 1 is 1.13 bits per heavy atom. The highest BCUT2D eigenvalue weighted by atomic mass is 16.6. The number of oxime groups is 1. The first-order valence-corrected chi connectivity index (χ1v) is 10.7. The number of cyclic esters (lactones) is 1. The average Bonchev–Trinajstić information content (AvgIpc) is 2.75. The SMILES string of the molecule is CCO/N=C1\CCCC/C=C/C[C@H](c2ccccc2)OC(=O)c2c(O)cc(O)cc2C1. The number of carbonyl (C=O) groups is 1. The lowest BCUT2D eigenvalue weighted by Gasteiger charge is -2.19. The third-order valence-corrected chi connectivity index (χ3v) is 5.13. The molecule has 0 bridgehead atoms. The van der Waals surface area contributed by atoms with Crippen molar-refractivity contribution in [3.63, 3.8) is 0 Å². The molecule has 0 spiro atoms. The third kappa shape index (κ3) is 6.35. The predicted molar refractivity (Wildman–Crippen MR) is 119 cm³/mol. The molecule has 1 heterocycles. The summed E-state index contributed by atoms with van der Waals surface area (Å²) in [4.78, 5) is 18.4. The van der Waals surface area contributed by atoms with Gasteiger partial charge in [0.15, 0.2) is 0 Å². The molecule has 31 heavy (non-hydrogen) atoms. The fourth-order valence-corrected chi connectivity index (χ4v) is 3.62. The van der Waals surface area contributed by atoms with Crippen molar-refractivity contribution in [2.75, 3.05) is 6.61 Å². The summed E-state index contributed by atoms with van der Waals surface area (Å²) >= 11 is 0. The Balaban J connectivity index is 2.00. The highest BCUT2D eigenvalue weighted by Crippen LogP contribution is 2.32. The minimum Gasteiger partial charge on any atom is -0.508 e. The topological polar surface area (TPSA) is 88.4 Å². The summed E-state index contributed by atoms with van der Waals surface area (Å²) in [6, 6.07) is 12.2. The van der Waals surface area contributed by atoms with E-state index >= 15 is 0 Å². The minimum atomic E-state index is -0.637. The first kappa shape index (κ1) is 22.4. The Morgan fingerprint density at radius 2 is 1.94 bits per heavy atom. The van der Waals surface area contributed by atoms with Crippen LogP contribution in [0.3, 0.4) is 0 Å². The van der Waals surface area contributed by atoms with Crippen molar-refractivity contribution in [3.05, 3.63) is 71.3 Å².